The second kappa shape index (κ2) is 9.80. The zero-order valence-corrected chi connectivity index (χ0v) is 14.4. The Morgan fingerprint density at radius 3 is 2.57 bits per heavy atom. The van der Waals surface area contributed by atoms with Gasteiger partial charge in [-0.1, -0.05) is 32.0 Å². The van der Waals surface area contributed by atoms with Gasteiger partial charge in [-0.15, -0.1) is 0 Å². The fraction of sp³-hybridized carbons (Fsp3) is 0.667. The van der Waals surface area contributed by atoms with Crippen LogP contribution in [0.1, 0.15) is 39.2 Å². The van der Waals surface area contributed by atoms with Crippen molar-refractivity contribution in [1.82, 2.24) is 10.2 Å². The maximum Gasteiger partial charge on any atom is 0.123 e. The first-order chi connectivity index (χ1) is 10.0. The lowest BCUT2D eigenvalue weighted by molar-refractivity contribution is 0.231. The molecule has 1 aromatic rings. The van der Waals surface area contributed by atoms with E-state index in [9.17, 15) is 0 Å². The van der Waals surface area contributed by atoms with Crippen LogP contribution in [-0.4, -0.2) is 38.2 Å². The van der Waals surface area contributed by atoms with Gasteiger partial charge >= 0.3 is 0 Å². The fourth-order valence-electron chi connectivity index (χ4n) is 2.39. The van der Waals surface area contributed by atoms with Crippen LogP contribution in [0.25, 0.3) is 0 Å². The van der Waals surface area contributed by atoms with E-state index in [1.165, 1.54) is 18.4 Å². The van der Waals surface area contributed by atoms with Crippen molar-refractivity contribution >= 4 is 0 Å². The topological polar surface area (TPSA) is 24.5 Å². The van der Waals surface area contributed by atoms with Crippen LogP contribution in [0.2, 0.25) is 0 Å². The van der Waals surface area contributed by atoms with Gasteiger partial charge in [-0.3, -0.25) is 4.90 Å². The maximum atomic E-state index is 5.42. The van der Waals surface area contributed by atoms with Gasteiger partial charge in [-0.25, -0.2) is 0 Å². The van der Waals surface area contributed by atoms with Crippen LogP contribution in [0.5, 0.6) is 5.75 Å². The molecule has 1 N–H and O–H groups in total. The predicted molar refractivity (Wildman–Crippen MR) is 90.9 cm³/mol. The number of para-hydroxylation sites is 1. The Morgan fingerprint density at radius 2 is 1.90 bits per heavy atom. The third kappa shape index (κ3) is 6.96. The number of hydrogen-bond donors (Lipinski definition) is 1. The molecule has 0 fully saturated rings. The van der Waals surface area contributed by atoms with Crippen LogP contribution >= 0.6 is 0 Å². The summed E-state index contributed by atoms with van der Waals surface area (Å²) < 4.78 is 5.42. The van der Waals surface area contributed by atoms with E-state index in [1.807, 2.05) is 12.1 Å². The largest absolute Gasteiger partial charge is 0.496 e. The number of nitrogens with zero attached hydrogens (tertiary/aromatic N) is 1. The summed E-state index contributed by atoms with van der Waals surface area (Å²) in [5.41, 5.74) is 1.26. The Labute approximate surface area is 130 Å². The Kier molecular flexibility index (Phi) is 8.40. The highest BCUT2D eigenvalue weighted by Crippen LogP contribution is 2.20. The number of methoxy groups -OCH3 is 1. The highest BCUT2D eigenvalue weighted by atomic mass is 16.5. The smallest absolute Gasteiger partial charge is 0.123 e. The first kappa shape index (κ1) is 18.0. The van der Waals surface area contributed by atoms with E-state index in [0.29, 0.717) is 6.04 Å². The summed E-state index contributed by atoms with van der Waals surface area (Å²) in [5.74, 6) is 1.71. The van der Waals surface area contributed by atoms with Gasteiger partial charge in [0, 0.05) is 18.2 Å². The first-order valence-corrected chi connectivity index (χ1v) is 8.07. The maximum absolute atomic E-state index is 5.42. The van der Waals surface area contributed by atoms with E-state index in [2.05, 4.69) is 50.2 Å². The van der Waals surface area contributed by atoms with Crippen molar-refractivity contribution in [2.24, 2.45) is 5.92 Å². The van der Waals surface area contributed by atoms with Crippen LogP contribution in [0, 0.1) is 5.92 Å². The van der Waals surface area contributed by atoms with Gasteiger partial charge in [0.15, 0.2) is 0 Å². The summed E-state index contributed by atoms with van der Waals surface area (Å²) in [6, 6.07) is 8.85. The number of benzene rings is 1. The monoisotopic (exact) mass is 292 g/mol. The molecule has 0 radical (unpaired) electrons. The minimum Gasteiger partial charge on any atom is -0.496 e. The second-order valence-electron chi connectivity index (χ2n) is 6.32. The van der Waals surface area contributed by atoms with Gasteiger partial charge in [0.25, 0.3) is 0 Å². The molecule has 1 aromatic carbocycles. The molecule has 120 valence electrons. The highest BCUT2D eigenvalue weighted by molar-refractivity contribution is 5.33. The molecule has 1 unspecified atom stereocenters. The number of hydrogen-bond acceptors (Lipinski definition) is 3. The van der Waals surface area contributed by atoms with Gasteiger partial charge in [-0.05, 0) is 51.9 Å². The van der Waals surface area contributed by atoms with Crippen molar-refractivity contribution in [3.8, 4) is 5.75 Å². The Bertz CT molecular complexity index is 393. The zero-order chi connectivity index (χ0) is 15.7. The van der Waals surface area contributed by atoms with Crippen molar-refractivity contribution in [2.45, 2.75) is 46.2 Å². The van der Waals surface area contributed by atoms with Crippen molar-refractivity contribution in [3.05, 3.63) is 29.8 Å². The van der Waals surface area contributed by atoms with Crippen LogP contribution < -0.4 is 10.1 Å². The fourth-order valence-corrected chi connectivity index (χ4v) is 2.39. The summed E-state index contributed by atoms with van der Waals surface area (Å²) in [6.07, 6.45) is 2.45. The molecule has 0 heterocycles. The molecule has 1 atom stereocenters. The van der Waals surface area contributed by atoms with E-state index >= 15 is 0 Å². The molecule has 0 aliphatic carbocycles. The molecule has 21 heavy (non-hydrogen) atoms. The third-order valence-corrected chi connectivity index (χ3v) is 3.89. The van der Waals surface area contributed by atoms with E-state index < -0.39 is 0 Å². The molecule has 0 spiro atoms. The minimum absolute atomic E-state index is 0.579. The van der Waals surface area contributed by atoms with Crippen molar-refractivity contribution in [3.63, 3.8) is 0 Å². The molecule has 3 nitrogen and oxygen atoms in total. The Hall–Kier alpha value is -1.06. The first-order valence-electron chi connectivity index (χ1n) is 8.07. The molecule has 1 rings (SSSR count). The predicted octanol–water partition coefficient (Wildman–Crippen LogP) is 3.54. The molecular weight excluding hydrogens is 260 g/mol. The van der Waals surface area contributed by atoms with Crippen molar-refractivity contribution in [2.75, 3.05) is 27.2 Å². The van der Waals surface area contributed by atoms with E-state index in [1.54, 1.807) is 7.11 Å². The van der Waals surface area contributed by atoms with Crippen molar-refractivity contribution < 1.29 is 4.74 Å². The summed E-state index contributed by atoms with van der Waals surface area (Å²) in [5, 5.41) is 3.51. The standard InChI is InChI=1S/C18H32N2O/c1-15(2)13-19-12-8-9-16(3)20(4)14-17-10-6-7-11-18(17)21-5/h6-7,10-11,15-16,19H,8-9,12-14H2,1-5H3. The molecule has 0 saturated heterocycles. The lowest BCUT2D eigenvalue weighted by Crippen LogP contribution is -2.30. The molecule has 0 saturated carbocycles. The second-order valence-corrected chi connectivity index (χ2v) is 6.32. The van der Waals surface area contributed by atoms with Gasteiger partial charge in [0.2, 0.25) is 0 Å². The van der Waals surface area contributed by atoms with Crippen LogP contribution in [0.3, 0.4) is 0 Å². The lowest BCUT2D eigenvalue weighted by Gasteiger charge is -2.25. The zero-order valence-electron chi connectivity index (χ0n) is 14.4. The van der Waals surface area contributed by atoms with E-state index in [4.69, 9.17) is 4.74 Å². The highest BCUT2D eigenvalue weighted by Gasteiger charge is 2.11. The normalized spacial score (nSPS) is 12.9. The molecular formula is C18H32N2O. The third-order valence-electron chi connectivity index (χ3n) is 3.89. The van der Waals surface area contributed by atoms with E-state index in [0.717, 1.165) is 31.3 Å². The van der Waals surface area contributed by atoms with Crippen LogP contribution in [0.4, 0.5) is 0 Å². The van der Waals surface area contributed by atoms with Gasteiger partial charge in [0.1, 0.15) is 5.75 Å². The SMILES string of the molecule is COc1ccccc1CN(C)C(C)CCCNCC(C)C. The quantitative estimate of drug-likeness (QED) is 0.668. The van der Waals surface area contributed by atoms with Gasteiger partial charge in [-0.2, -0.15) is 0 Å². The Balaban J connectivity index is 2.32. The molecule has 0 amide bonds. The molecule has 0 aliphatic rings. The summed E-state index contributed by atoms with van der Waals surface area (Å²) in [7, 11) is 3.93. The van der Waals surface area contributed by atoms with Crippen LogP contribution in [-0.2, 0) is 6.54 Å². The van der Waals surface area contributed by atoms with Crippen LogP contribution in [0.15, 0.2) is 24.3 Å². The average molecular weight is 292 g/mol. The molecule has 0 aromatic heterocycles. The number of ether oxygens (including phenoxy) is 1. The molecule has 0 bridgehead atoms. The lowest BCUT2D eigenvalue weighted by atomic mass is 10.1. The van der Waals surface area contributed by atoms with Crippen molar-refractivity contribution in [1.29, 1.82) is 0 Å². The summed E-state index contributed by atoms with van der Waals surface area (Å²) in [6.45, 7) is 9.96. The summed E-state index contributed by atoms with van der Waals surface area (Å²) in [4.78, 5) is 2.40. The molecule has 3 heteroatoms. The van der Waals surface area contributed by atoms with Gasteiger partial charge in [0.05, 0.1) is 7.11 Å². The summed E-state index contributed by atoms with van der Waals surface area (Å²) >= 11 is 0. The number of rotatable bonds is 10. The minimum atomic E-state index is 0.579. The average Bonchev–Trinajstić information content (AvgIpc) is 2.46. The van der Waals surface area contributed by atoms with E-state index in [-0.39, 0.29) is 0 Å². The Morgan fingerprint density at radius 1 is 1.19 bits per heavy atom. The molecule has 0 aliphatic heterocycles. The van der Waals surface area contributed by atoms with Gasteiger partial charge < -0.3 is 10.1 Å². The number of nitrogens with one attached hydrogen (secondary N) is 1.